The van der Waals surface area contributed by atoms with Crippen molar-refractivity contribution < 1.29 is 9.47 Å². The molecule has 0 aromatic heterocycles. The van der Waals surface area contributed by atoms with Gasteiger partial charge in [0.2, 0.25) is 0 Å². The van der Waals surface area contributed by atoms with Gasteiger partial charge in [0.15, 0.2) is 0 Å². The summed E-state index contributed by atoms with van der Waals surface area (Å²) in [6, 6.07) is 15.1. The smallest absolute Gasteiger partial charge is 0.122 e. The number of benzene rings is 2. The molecule has 34 heavy (non-hydrogen) atoms. The third kappa shape index (κ3) is 4.46. The third-order valence-corrected chi connectivity index (χ3v) is 6.48. The van der Waals surface area contributed by atoms with E-state index in [1.807, 2.05) is 38.2 Å². The molecule has 0 N–H and O–H groups in total. The van der Waals surface area contributed by atoms with Crippen molar-refractivity contribution in [1.82, 2.24) is 0 Å². The summed E-state index contributed by atoms with van der Waals surface area (Å²) in [5.74, 6) is 1.79. The Morgan fingerprint density at radius 2 is 1.26 bits per heavy atom. The van der Waals surface area contributed by atoms with Gasteiger partial charge < -0.3 is 9.47 Å². The summed E-state index contributed by atoms with van der Waals surface area (Å²) in [5, 5.41) is 0. The van der Waals surface area contributed by atoms with Gasteiger partial charge in [-0.25, -0.2) is 0 Å². The van der Waals surface area contributed by atoms with Crippen LogP contribution in [0.1, 0.15) is 44.4 Å². The van der Waals surface area contributed by atoms with E-state index in [0.717, 1.165) is 17.1 Å². The molecule has 3 rings (SSSR count). The highest BCUT2D eigenvalue weighted by Crippen LogP contribution is 2.55. The Balaban J connectivity index is 2.42. The Morgan fingerprint density at radius 1 is 0.735 bits per heavy atom. The number of aryl methyl sites for hydroxylation is 1. The summed E-state index contributed by atoms with van der Waals surface area (Å²) in [5.41, 5.74) is 8.01. The summed E-state index contributed by atoms with van der Waals surface area (Å²) < 4.78 is 11.6. The Kier molecular flexibility index (Phi) is 8.17. The first-order chi connectivity index (χ1) is 16.4. The van der Waals surface area contributed by atoms with E-state index in [-0.39, 0.29) is 0 Å². The summed E-state index contributed by atoms with van der Waals surface area (Å²) in [4.78, 5) is 0. The zero-order valence-electron chi connectivity index (χ0n) is 21.2. The molecule has 0 bridgehead atoms. The van der Waals surface area contributed by atoms with Crippen molar-refractivity contribution in [3.63, 3.8) is 0 Å². The SMILES string of the molecule is C=C/C=C\C1=C(C)C(C)=C(/C=C\C=C)C1(c1ccc(OCC)cc1)c1ccc(OCC)c(C)c1. The van der Waals surface area contributed by atoms with Crippen LogP contribution in [0, 0.1) is 6.92 Å². The monoisotopic (exact) mass is 452 g/mol. The molecule has 0 heterocycles. The second-order valence-corrected chi connectivity index (χ2v) is 8.39. The van der Waals surface area contributed by atoms with Crippen molar-refractivity contribution >= 4 is 0 Å². The van der Waals surface area contributed by atoms with Crippen molar-refractivity contribution in [3.8, 4) is 11.5 Å². The van der Waals surface area contributed by atoms with Gasteiger partial charge in [0.1, 0.15) is 11.5 Å². The van der Waals surface area contributed by atoms with Crippen LogP contribution in [-0.4, -0.2) is 13.2 Å². The first-order valence-corrected chi connectivity index (χ1v) is 11.9. The van der Waals surface area contributed by atoms with E-state index in [2.05, 4.69) is 88.5 Å². The Bertz CT molecular complexity index is 1130. The molecule has 2 heteroatoms. The molecule has 0 aliphatic heterocycles. The lowest BCUT2D eigenvalue weighted by molar-refractivity contribution is 0.337. The van der Waals surface area contributed by atoms with Gasteiger partial charge in [-0.1, -0.05) is 73.9 Å². The standard InChI is InChI=1S/C32H36O2/c1-8-12-14-29-24(6)25(7)30(15-13-9-2)32(29,26-16-19-28(20-17-26)33-10-3)27-18-21-31(34-11-4)23(5)22-27/h8-9,12-22H,1-2,10-11H2,3-7H3/b14-12-,15-13-. The second-order valence-electron chi connectivity index (χ2n) is 8.39. The lowest BCUT2D eigenvalue weighted by Crippen LogP contribution is -2.30. The maximum atomic E-state index is 5.87. The minimum Gasteiger partial charge on any atom is -0.494 e. The van der Waals surface area contributed by atoms with Crippen LogP contribution in [0.2, 0.25) is 0 Å². The Morgan fingerprint density at radius 3 is 1.74 bits per heavy atom. The van der Waals surface area contributed by atoms with Crippen LogP contribution in [0.4, 0.5) is 0 Å². The lowest BCUT2D eigenvalue weighted by Gasteiger charge is -2.36. The van der Waals surface area contributed by atoms with Gasteiger partial charge in [-0.2, -0.15) is 0 Å². The molecule has 0 atom stereocenters. The minimum atomic E-state index is -0.493. The normalized spacial score (nSPS) is 15.4. The molecular weight excluding hydrogens is 416 g/mol. The van der Waals surface area contributed by atoms with Gasteiger partial charge in [-0.3, -0.25) is 0 Å². The largest absolute Gasteiger partial charge is 0.494 e. The van der Waals surface area contributed by atoms with Gasteiger partial charge in [0, 0.05) is 0 Å². The molecule has 0 spiro atoms. The van der Waals surface area contributed by atoms with Crippen LogP contribution in [-0.2, 0) is 5.41 Å². The molecule has 0 unspecified atom stereocenters. The lowest BCUT2D eigenvalue weighted by atomic mass is 9.65. The van der Waals surface area contributed by atoms with Crippen LogP contribution in [0.15, 0.2) is 114 Å². The van der Waals surface area contributed by atoms with E-state index in [4.69, 9.17) is 9.47 Å². The van der Waals surface area contributed by atoms with E-state index in [0.29, 0.717) is 13.2 Å². The van der Waals surface area contributed by atoms with Gasteiger partial charge in [-0.15, -0.1) is 0 Å². The topological polar surface area (TPSA) is 18.5 Å². The molecule has 0 saturated carbocycles. The molecular formula is C32H36O2. The van der Waals surface area contributed by atoms with Crippen molar-refractivity contribution in [1.29, 1.82) is 0 Å². The van der Waals surface area contributed by atoms with E-state index >= 15 is 0 Å². The highest BCUT2D eigenvalue weighted by molar-refractivity contribution is 5.73. The highest BCUT2D eigenvalue weighted by atomic mass is 16.5. The van der Waals surface area contributed by atoms with E-state index in [9.17, 15) is 0 Å². The maximum absolute atomic E-state index is 5.87. The zero-order chi connectivity index (χ0) is 24.7. The Labute approximate surface area is 205 Å². The number of hydrogen-bond acceptors (Lipinski definition) is 2. The van der Waals surface area contributed by atoms with Crippen molar-refractivity contribution in [2.24, 2.45) is 0 Å². The summed E-state index contributed by atoms with van der Waals surface area (Å²) >= 11 is 0. The highest BCUT2D eigenvalue weighted by Gasteiger charge is 2.45. The fourth-order valence-corrected chi connectivity index (χ4v) is 4.90. The number of rotatable bonds is 10. The van der Waals surface area contributed by atoms with E-state index < -0.39 is 5.41 Å². The van der Waals surface area contributed by atoms with Crippen LogP contribution >= 0.6 is 0 Å². The molecule has 2 nitrogen and oxygen atoms in total. The van der Waals surface area contributed by atoms with Crippen molar-refractivity contribution in [2.75, 3.05) is 13.2 Å². The maximum Gasteiger partial charge on any atom is 0.122 e. The molecule has 0 radical (unpaired) electrons. The molecule has 0 saturated heterocycles. The molecule has 1 aliphatic carbocycles. The van der Waals surface area contributed by atoms with Crippen LogP contribution in [0.25, 0.3) is 0 Å². The zero-order valence-corrected chi connectivity index (χ0v) is 21.2. The number of ether oxygens (including phenoxy) is 2. The second kappa shape index (κ2) is 11.1. The van der Waals surface area contributed by atoms with Crippen LogP contribution in [0.5, 0.6) is 11.5 Å². The fourth-order valence-electron chi connectivity index (χ4n) is 4.90. The van der Waals surface area contributed by atoms with Crippen molar-refractivity contribution in [2.45, 2.75) is 40.0 Å². The van der Waals surface area contributed by atoms with E-state index in [1.54, 1.807) is 0 Å². The molecule has 2 aromatic carbocycles. The van der Waals surface area contributed by atoms with Gasteiger partial charge in [0.25, 0.3) is 0 Å². The molecule has 176 valence electrons. The summed E-state index contributed by atoms with van der Waals surface area (Å²) in [6.45, 7) is 19.7. The summed E-state index contributed by atoms with van der Waals surface area (Å²) in [7, 11) is 0. The van der Waals surface area contributed by atoms with Gasteiger partial charge >= 0.3 is 0 Å². The van der Waals surface area contributed by atoms with Crippen LogP contribution < -0.4 is 9.47 Å². The average molecular weight is 453 g/mol. The Hall–Kier alpha value is -3.52. The van der Waals surface area contributed by atoms with Gasteiger partial charge in [0.05, 0.1) is 18.6 Å². The molecule has 0 amide bonds. The first-order valence-electron chi connectivity index (χ1n) is 11.9. The van der Waals surface area contributed by atoms with Gasteiger partial charge in [-0.05, 0) is 91.8 Å². The predicted octanol–water partition coefficient (Wildman–Crippen LogP) is 8.21. The van der Waals surface area contributed by atoms with Crippen molar-refractivity contribution in [3.05, 3.63) is 131 Å². The first kappa shape index (κ1) is 25.1. The van der Waals surface area contributed by atoms with Crippen LogP contribution in [0.3, 0.4) is 0 Å². The molecule has 1 aliphatic rings. The minimum absolute atomic E-state index is 0.493. The molecule has 0 fully saturated rings. The third-order valence-electron chi connectivity index (χ3n) is 6.48. The quantitative estimate of drug-likeness (QED) is 0.338. The predicted molar refractivity (Wildman–Crippen MR) is 145 cm³/mol. The van der Waals surface area contributed by atoms with E-state index in [1.165, 1.54) is 33.4 Å². The molecule has 2 aromatic rings. The average Bonchev–Trinajstić information content (AvgIpc) is 3.05. The number of allylic oxidation sites excluding steroid dienone is 10. The summed E-state index contributed by atoms with van der Waals surface area (Å²) in [6.07, 6.45) is 12.1. The fraction of sp³-hybridized carbons (Fsp3) is 0.250. The number of hydrogen-bond donors (Lipinski definition) is 0.